The highest BCUT2D eigenvalue weighted by Crippen LogP contribution is 2.30. The lowest BCUT2D eigenvalue weighted by molar-refractivity contribution is -0.139. The Morgan fingerprint density at radius 2 is 2.00 bits per heavy atom. The monoisotopic (exact) mass is 377 g/mol. The van der Waals surface area contributed by atoms with Gasteiger partial charge in [-0.15, -0.1) is 0 Å². The number of carbonyl (C=O) groups excluding carboxylic acids is 1. The number of nitrogens with one attached hydrogen (secondary N) is 1. The molecular weight excluding hydrogens is 361 g/mol. The van der Waals surface area contributed by atoms with Crippen LogP contribution in [0.4, 0.5) is 9.18 Å². The lowest BCUT2D eigenvalue weighted by atomic mass is 10.0. The number of hydrogen-bond donors (Lipinski definition) is 3. The third kappa shape index (κ3) is 5.18. The predicted octanol–water partition coefficient (Wildman–Crippen LogP) is 2.81. The number of aromatic hydroxyl groups is 1. The fourth-order valence-electron chi connectivity index (χ4n) is 1.63. The average molecular weight is 378 g/mol. The zero-order valence-electron chi connectivity index (χ0n) is 12.3. The van der Waals surface area contributed by atoms with Gasteiger partial charge in [-0.3, -0.25) is 0 Å². The Hall–Kier alpha value is -1.83. The molecule has 0 heterocycles. The molecule has 1 rings (SSSR count). The van der Waals surface area contributed by atoms with Crippen molar-refractivity contribution in [3.63, 3.8) is 0 Å². The summed E-state index contributed by atoms with van der Waals surface area (Å²) in [6.45, 7) is 4.88. The van der Waals surface area contributed by atoms with Crippen LogP contribution in [0.1, 0.15) is 26.3 Å². The highest BCUT2D eigenvalue weighted by molar-refractivity contribution is 9.10. The van der Waals surface area contributed by atoms with Gasteiger partial charge in [0.2, 0.25) is 0 Å². The Balaban J connectivity index is 2.93. The van der Waals surface area contributed by atoms with Crippen molar-refractivity contribution in [2.75, 3.05) is 0 Å². The van der Waals surface area contributed by atoms with Crippen molar-refractivity contribution in [3.05, 3.63) is 28.0 Å². The van der Waals surface area contributed by atoms with Gasteiger partial charge >= 0.3 is 12.1 Å². The molecule has 0 saturated carbocycles. The van der Waals surface area contributed by atoms with Crippen LogP contribution in [0.5, 0.6) is 5.75 Å². The second-order valence-corrected chi connectivity index (χ2v) is 6.45. The number of amides is 1. The second kappa shape index (κ2) is 6.95. The molecule has 122 valence electrons. The van der Waals surface area contributed by atoms with Gasteiger partial charge in [0.25, 0.3) is 0 Å². The summed E-state index contributed by atoms with van der Waals surface area (Å²) in [5, 5.41) is 21.1. The fourth-order valence-corrected chi connectivity index (χ4v) is 2.00. The summed E-state index contributed by atoms with van der Waals surface area (Å²) in [6, 6.07) is 0.945. The molecule has 0 saturated heterocycles. The van der Waals surface area contributed by atoms with Crippen LogP contribution >= 0.6 is 15.9 Å². The fraction of sp³-hybridized carbons (Fsp3) is 0.429. The van der Waals surface area contributed by atoms with Crippen molar-refractivity contribution in [1.29, 1.82) is 0 Å². The number of benzene rings is 1. The lowest BCUT2D eigenvalue weighted by Crippen LogP contribution is -2.44. The summed E-state index contributed by atoms with van der Waals surface area (Å²) in [5.41, 5.74) is -1.01. The molecule has 1 amide bonds. The molecule has 22 heavy (non-hydrogen) atoms. The van der Waals surface area contributed by atoms with Gasteiger partial charge in [-0.25, -0.2) is 14.0 Å². The van der Waals surface area contributed by atoms with Crippen molar-refractivity contribution in [2.45, 2.75) is 38.8 Å². The van der Waals surface area contributed by atoms with Crippen LogP contribution in [-0.4, -0.2) is 33.9 Å². The summed E-state index contributed by atoms with van der Waals surface area (Å²) in [6.07, 6.45) is -1.36. The van der Waals surface area contributed by atoms with Gasteiger partial charge in [-0.2, -0.15) is 0 Å². The Kier molecular flexibility index (Phi) is 5.76. The van der Waals surface area contributed by atoms with Crippen molar-refractivity contribution < 1.29 is 28.9 Å². The van der Waals surface area contributed by atoms with Crippen LogP contribution in [0.15, 0.2) is 16.6 Å². The number of hydrogen-bond acceptors (Lipinski definition) is 4. The minimum absolute atomic E-state index is 0.210. The molecule has 0 aliphatic rings. The Morgan fingerprint density at radius 1 is 1.41 bits per heavy atom. The predicted molar refractivity (Wildman–Crippen MR) is 80.3 cm³/mol. The van der Waals surface area contributed by atoms with E-state index in [4.69, 9.17) is 9.84 Å². The molecule has 0 fully saturated rings. The van der Waals surface area contributed by atoms with Gasteiger partial charge in [-0.1, -0.05) is 0 Å². The standard InChI is InChI=1S/C14H17BrFNO5/c1-14(2,3)22-13(21)17-10(12(19)20)6-7-9(16)5-4-8(15)11(7)18/h4-5,10,18H,6H2,1-3H3,(H,17,21)(H,19,20)/t10-/m0/s1. The van der Waals surface area contributed by atoms with E-state index in [1.807, 2.05) is 0 Å². The normalized spacial score (nSPS) is 12.6. The van der Waals surface area contributed by atoms with E-state index in [-0.39, 0.29) is 10.0 Å². The number of phenolic OH excluding ortho intramolecular Hbond substituents is 1. The smallest absolute Gasteiger partial charge is 0.408 e. The van der Waals surface area contributed by atoms with E-state index < -0.39 is 41.7 Å². The van der Waals surface area contributed by atoms with Crippen molar-refractivity contribution in [3.8, 4) is 5.75 Å². The van der Waals surface area contributed by atoms with Gasteiger partial charge in [0.05, 0.1) is 4.47 Å². The Morgan fingerprint density at radius 3 is 2.50 bits per heavy atom. The van der Waals surface area contributed by atoms with Gasteiger partial charge in [0, 0.05) is 12.0 Å². The van der Waals surface area contributed by atoms with Crippen molar-refractivity contribution in [1.82, 2.24) is 5.32 Å². The van der Waals surface area contributed by atoms with Gasteiger partial charge in [-0.05, 0) is 48.8 Å². The number of alkyl carbamates (subject to hydrolysis) is 1. The molecule has 3 N–H and O–H groups in total. The highest BCUT2D eigenvalue weighted by Gasteiger charge is 2.26. The number of rotatable bonds is 4. The number of phenols is 1. The minimum atomic E-state index is -1.44. The van der Waals surface area contributed by atoms with Gasteiger partial charge in [0.1, 0.15) is 23.2 Å². The maximum Gasteiger partial charge on any atom is 0.408 e. The molecule has 6 nitrogen and oxygen atoms in total. The maximum atomic E-state index is 13.7. The molecule has 0 unspecified atom stereocenters. The zero-order valence-corrected chi connectivity index (χ0v) is 13.9. The molecule has 0 radical (unpaired) electrons. The quantitative estimate of drug-likeness (QED) is 0.749. The molecule has 1 atom stereocenters. The second-order valence-electron chi connectivity index (χ2n) is 5.60. The van der Waals surface area contributed by atoms with E-state index in [1.54, 1.807) is 20.8 Å². The number of aliphatic carboxylic acids is 1. The van der Waals surface area contributed by atoms with E-state index in [9.17, 15) is 19.1 Å². The maximum absolute atomic E-state index is 13.7. The average Bonchev–Trinajstić information content (AvgIpc) is 2.35. The summed E-state index contributed by atoms with van der Waals surface area (Å²) >= 11 is 3.02. The van der Waals surface area contributed by atoms with Gasteiger partial charge in [0.15, 0.2) is 0 Å². The van der Waals surface area contributed by atoms with E-state index in [1.165, 1.54) is 6.07 Å². The minimum Gasteiger partial charge on any atom is -0.506 e. The number of halogens is 2. The van der Waals surface area contributed by atoms with Crippen LogP contribution in [0, 0.1) is 5.82 Å². The summed E-state index contributed by atoms with van der Waals surface area (Å²) in [5.74, 6) is -2.54. The van der Waals surface area contributed by atoms with E-state index >= 15 is 0 Å². The molecular formula is C14H17BrFNO5. The molecule has 1 aromatic rings. The first-order valence-corrected chi connectivity index (χ1v) is 7.18. The first kappa shape index (κ1) is 18.2. The highest BCUT2D eigenvalue weighted by atomic mass is 79.9. The molecule has 0 bridgehead atoms. The molecule has 1 aromatic carbocycles. The van der Waals surface area contributed by atoms with Crippen LogP contribution in [-0.2, 0) is 16.0 Å². The van der Waals surface area contributed by atoms with Crippen LogP contribution in [0.2, 0.25) is 0 Å². The lowest BCUT2D eigenvalue weighted by Gasteiger charge is -2.22. The van der Waals surface area contributed by atoms with Crippen molar-refractivity contribution >= 4 is 28.0 Å². The van der Waals surface area contributed by atoms with E-state index in [2.05, 4.69) is 21.2 Å². The topological polar surface area (TPSA) is 95.9 Å². The Bertz CT molecular complexity index is 585. The molecule has 8 heteroatoms. The van der Waals surface area contributed by atoms with E-state index in [0.717, 1.165) is 6.07 Å². The number of carbonyl (C=O) groups is 2. The number of carboxylic acid groups (broad SMARTS) is 1. The summed E-state index contributed by atoms with van der Waals surface area (Å²) in [7, 11) is 0. The number of ether oxygens (including phenoxy) is 1. The van der Waals surface area contributed by atoms with Crippen LogP contribution in [0.25, 0.3) is 0 Å². The zero-order chi connectivity index (χ0) is 17.1. The third-order valence-electron chi connectivity index (χ3n) is 2.57. The molecule has 0 aliphatic heterocycles. The summed E-state index contributed by atoms with van der Waals surface area (Å²) < 4.78 is 18.9. The van der Waals surface area contributed by atoms with Crippen LogP contribution < -0.4 is 5.32 Å². The third-order valence-corrected chi connectivity index (χ3v) is 3.21. The largest absolute Gasteiger partial charge is 0.506 e. The van der Waals surface area contributed by atoms with E-state index in [0.29, 0.717) is 0 Å². The van der Waals surface area contributed by atoms with Crippen LogP contribution in [0.3, 0.4) is 0 Å². The first-order valence-electron chi connectivity index (χ1n) is 6.39. The number of carboxylic acids is 1. The SMILES string of the molecule is CC(C)(C)OC(=O)N[C@@H](Cc1c(F)ccc(Br)c1O)C(=O)O. The molecule has 0 aromatic heterocycles. The first-order chi connectivity index (χ1) is 10.0. The molecule has 0 spiro atoms. The van der Waals surface area contributed by atoms with Gasteiger partial charge < -0.3 is 20.3 Å². The molecule has 0 aliphatic carbocycles. The Labute approximate surface area is 135 Å². The summed E-state index contributed by atoms with van der Waals surface area (Å²) in [4.78, 5) is 22.9. The van der Waals surface area contributed by atoms with Crippen molar-refractivity contribution in [2.24, 2.45) is 0 Å².